The summed E-state index contributed by atoms with van der Waals surface area (Å²) in [5.41, 5.74) is 35.3. The number of amides is 12. The van der Waals surface area contributed by atoms with Crippen LogP contribution in [0, 0.1) is 27.6 Å². The van der Waals surface area contributed by atoms with Gasteiger partial charge < -0.3 is 123 Å². The number of rotatable bonds is 43. The number of guanidine groups is 4. The van der Waals surface area contributed by atoms with Crippen LogP contribution in [-0.2, 0) is 76.8 Å². The highest BCUT2D eigenvalue weighted by Crippen LogP contribution is 2.22. The summed E-state index contributed by atoms with van der Waals surface area (Å²) in [6.07, 6.45) is 5.06. The third kappa shape index (κ3) is 35.0. The number of carbonyl (C=O) groups is 12. The zero-order chi connectivity index (χ0) is 85.2. The van der Waals surface area contributed by atoms with Crippen molar-refractivity contribution in [2.45, 2.75) is 203 Å². The van der Waals surface area contributed by atoms with Gasteiger partial charge in [0, 0.05) is 58.9 Å². The van der Waals surface area contributed by atoms with Gasteiger partial charge in [-0.3, -0.25) is 79.2 Å². The summed E-state index contributed by atoms with van der Waals surface area (Å²) >= 11 is 0. The number of benzene rings is 3. The summed E-state index contributed by atoms with van der Waals surface area (Å²) in [7, 11) is 0. The Bertz CT molecular complexity index is 3850. The number of unbranched alkanes of at least 4 members (excludes halogenated alkanes) is 1. The highest BCUT2D eigenvalue weighted by molar-refractivity contribution is 6.00. The Hall–Kier alpha value is -12.3. The van der Waals surface area contributed by atoms with Crippen LogP contribution in [0.15, 0.2) is 91.0 Å². The molecule has 12 amide bonds. The van der Waals surface area contributed by atoms with E-state index in [2.05, 4.69) is 74.4 Å². The van der Waals surface area contributed by atoms with Crippen molar-refractivity contribution < 1.29 is 67.0 Å². The smallest absolute Gasteiger partial charge is 0.245 e. The quantitative estimate of drug-likeness (QED) is 0.0114. The summed E-state index contributed by atoms with van der Waals surface area (Å²) in [6.45, 7) is 7.20. The van der Waals surface area contributed by atoms with Gasteiger partial charge in [-0.2, -0.15) is 0 Å². The average molecular weight is 1620 g/mol. The van der Waals surface area contributed by atoms with E-state index in [4.69, 9.17) is 65.5 Å². The topological polar surface area (TPSA) is 646 Å². The number of primary amides is 1. The molecule has 0 saturated carbocycles. The van der Waals surface area contributed by atoms with Crippen molar-refractivity contribution in [3.8, 4) is 11.5 Å². The molecule has 1 fully saturated rings. The monoisotopic (exact) mass is 1620 g/mol. The Labute approximate surface area is 675 Å². The maximum absolute atomic E-state index is 15.1. The fourth-order valence-corrected chi connectivity index (χ4v) is 12.8. The van der Waals surface area contributed by atoms with E-state index in [1.165, 1.54) is 18.7 Å². The third-order valence-corrected chi connectivity index (χ3v) is 18.8. The molecule has 30 N–H and O–H groups in total. The first-order chi connectivity index (χ1) is 55.3. The van der Waals surface area contributed by atoms with E-state index in [0.29, 0.717) is 54.0 Å². The van der Waals surface area contributed by atoms with Crippen molar-refractivity contribution in [3.05, 3.63) is 108 Å². The maximum Gasteiger partial charge on any atom is 0.245 e. The molecule has 116 heavy (non-hydrogen) atoms. The van der Waals surface area contributed by atoms with E-state index in [9.17, 15) is 43.2 Å². The maximum atomic E-state index is 15.1. The fraction of sp³-hybridized carbons (Fsp3) is 0.532. The lowest BCUT2D eigenvalue weighted by atomic mass is 10.00. The molecule has 3 aromatic rings. The lowest BCUT2D eigenvalue weighted by molar-refractivity contribution is -0.142. The number of ether oxygens (including phenoxy) is 2. The van der Waals surface area contributed by atoms with Gasteiger partial charge in [-0.05, 0) is 162 Å². The molecule has 636 valence electrons. The van der Waals surface area contributed by atoms with Crippen molar-refractivity contribution in [1.29, 1.82) is 21.6 Å². The molecule has 6 rings (SSSR count). The first-order valence-corrected chi connectivity index (χ1v) is 39.0. The molecular weight excluding hydrogens is 1500 g/mol. The van der Waals surface area contributed by atoms with Crippen LogP contribution in [0.4, 0.5) is 0 Å². The molecule has 11 atom stereocenters. The predicted octanol–water partition coefficient (Wildman–Crippen LogP) is -3.37. The predicted molar refractivity (Wildman–Crippen MR) is 434 cm³/mol. The number of fused-ring (bicyclic) bond motifs is 11. The Balaban J connectivity index is 1.43. The fourth-order valence-electron chi connectivity index (χ4n) is 12.8. The summed E-state index contributed by atoms with van der Waals surface area (Å²) in [6, 6.07) is 7.60. The molecule has 0 radical (unpaired) electrons. The third-order valence-electron chi connectivity index (χ3n) is 18.8. The molecule has 3 heterocycles. The molecule has 0 unspecified atom stereocenters. The van der Waals surface area contributed by atoms with E-state index in [1.807, 2.05) is 0 Å². The molecular formula is C77H119N25O14. The molecule has 0 spiro atoms. The number of nitrogens with two attached hydrogens (primary N) is 6. The van der Waals surface area contributed by atoms with Crippen LogP contribution in [0.3, 0.4) is 0 Å². The zero-order valence-electron chi connectivity index (χ0n) is 66.4. The van der Waals surface area contributed by atoms with Gasteiger partial charge in [0.15, 0.2) is 23.8 Å². The van der Waals surface area contributed by atoms with E-state index in [-0.39, 0.29) is 154 Å². The Morgan fingerprint density at radius 3 is 1.51 bits per heavy atom. The van der Waals surface area contributed by atoms with Gasteiger partial charge >= 0.3 is 0 Å². The van der Waals surface area contributed by atoms with Crippen molar-refractivity contribution in [2.75, 3.05) is 52.5 Å². The van der Waals surface area contributed by atoms with Crippen molar-refractivity contribution in [3.63, 3.8) is 0 Å². The van der Waals surface area contributed by atoms with Crippen molar-refractivity contribution in [2.24, 2.45) is 40.3 Å². The van der Waals surface area contributed by atoms with Gasteiger partial charge in [0.25, 0.3) is 0 Å². The second-order valence-corrected chi connectivity index (χ2v) is 28.9. The molecule has 39 heteroatoms. The molecule has 3 aliphatic heterocycles. The molecule has 3 aliphatic rings. The van der Waals surface area contributed by atoms with Gasteiger partial charge in [-0.1, -0.05) is 68.4 Å². The van der Waals surface area contributed by atoms with Crippen LogP contribution in [-0.4, -0.2) is 219 Å². The molecule has 0 aromatic heterocycles. The Morgan fingerprint density at radius 1 is 0.509 bits per heavy atom. The number of carbonyl (C=O) groups excluding carboxylic acids is 12. The zero-order valence-corrected chi connectivity index (χ0v) is 66.4. The van der Waals surface area contributed by atoms with Gasteiger partial charge in [-0.25, -0.2) is 0 Å². The summed E-state index contributed by atoms with van der Waals surface area (Å²) in [5.74, 6) is -10.4. The van der Waals surface area contributed by atoms with Crippen LogP contribution in [0.25, 0.3) is 0 Å². The van der Waals surface area contributed by atoms with Crippen LogP contribution >= 0.6 is 0 Å². The van der Waals surface area contributed by atoms with Crippen LogP contribution in [0.2, 0.25) is 0 Å². The number of hydrogen-bond acceptors (Lipinski definition) is 19. The lowest BCUT2D eigenvalue weighted by Crippen LogP contribution is -2.61. The minimum absolute atomic E-state index is 0.0149. The van der Waals surface area contributed by atoms with Crippen molar-refractivity contribution in [1.82, 2.24) is 79.3 Å². The molecule has 39 nitrogen and oxygen atoms in total. The average Bonchev–Trinajstić information content (AvgIpc) is 1.67. The van der Waals surface area contributed by atoms with Gasteiger partial charge in [-0.15, -0.1) is 0 Å². The summed E-state index contributed by atoms with van der Waals surface area (Å²) in [4.78, 5) is 173. The number of nitrogens with zero attached hydrogens (tertiary/aromatic N) is 1. The number of nitrogens with one attached hydrogen (secondary N) is 18. The van der Waals surface area contributed by atoms with Crippen LogP contribution in [0.5, 0.6) is 11.5 Å². The highest BCUT2D eigenvalue weighted by Gasteiger charge is 2.41. The summed E-state index contributed by atoms with van der Waals surface area (Å²) < 4.78 is 11.8. The van der Waals surface area contributed by atoms with E-state index < -0.39 is 149 Å². The van der Waals surface area contributed by atoms with Crippen LogP contribution < -0.4 is 118 Å². The van der Waals surface area contributed by atoms with E-state index in [0.717, 1.165) is 0 Å². The largest absolute Gasteiger partial charge is 0.490 e. The van der Waals surface area contributed by atoms with E-state index in [1.54, 1.807) is 105 Å². The standard InChI is InChI=1S/C77H119N25O14/c1-45(2)40-58(68(109)96-55(24-14-34-89-75(82)83)66(107)95-54(23-13-33-88-74(80)81)65(106)92-46(3)64(105)98-57(26-16-36-91-77(86)87)73(114)102-37-17-27-62(102)72(113)94-53(63(79)104)22-8-9-32-78)99-67(108)56(25-15-35-90-76(84)85)97-70(111)60(42-48-18-6-5-7-19-48)101-71(112)61-43-49-28-30-51(31-29-49)115-38-10-11-39-116-52-21-12-20-50(41-52)44-59(69(110)100-61)93-47(4)103/h5-7,10-12,18-21,28-31,41,45-46,53-62H,8-9,13-17,22-27,32-40,42-44,78H2,1-4H3,(H2,79,104)(H,92,106)(H,93,103)(H,94,113)(H,95,107)(H,96,109)(H,97,111)(H,98,105)(H,99,108)(H,100,110)(H,101,112)(H4,80,81,88)(H4,82,83,89)(H4,84,85,90)(H4,86,87,91)/b11-10+/t46-,53+,54+,55+,56+,57+,58+,59+,60+,61+,62+/m1/s1. The second-order valence-electron chi connectivity index (χ2n) is 28.9. The minimum atomic E-state index is -1.50. The highest BCUT2D eigenvalue weighted by atomic mass is 16.5. The van der Waals surface area contributed by atoms with Gasteiger partial charge in [0.1, 0.15) is 91.2 Å². The first kappa shape index (κ1) is 94.3. The minimum Gasteiger partial charge on any atom is -0.490 e. The van der Waals surface area contributed by atoms with Gasteiger partial charge in [0.2, 0.25) is 70.9 Å². The van der Waals surface area contributed by atoms with Gasteiger partial charge in [0.05, 0.1) is 0 Å². The normalized spacial score (nSPS) is 17.0. The second kappa shape index (κ2) is 50.0. The molecule has 0 aliphatic carbocycles. The number of likely N-dealkylation sites (tertiary alicyclic amines) is 1. The molecule has 4 bridgehead atoms. The lowest BCUT2D eigenvalue weighted by Gasteiger charge is -2.30. The Morgan fingerprint density at radius 2 is 0.991 bits per heavy atom. The molecule has 3 aromatic carbocycles. The summed E-state index contributed by atoms with van der Waals surface area (Å²) in [5, 5.41) is 68.8. The first-order valence-electron chi connectivity index (χ1n) is 39.0. The Kier molecular flexibility index (Phi) is 40.7. The molecule has 1 saturated heterocycles. The van der Waals surface area contributed by atoms with E-state index >= 15 is 14.4 Å². The SMILES string of the molecule is CC(=O)N[C@H]1Cc2cccc(c2)OC/C=C/COc2ccc(cc2)C[C@@H](C(=O)N[C@@H](Cc2ccccc2)C(=O)N[C@@H](CCCNC(=N)N)C(=O)N[C@@H](CC(C)C)C(=O)N[C@@H](CCCNC(=N)N)C(=O)N[C@@H](CCCNC(=N)N)C(=O)N[C@H](C)C(=O)N[C@@H](CCCNC(=N)N)C(=O)N2CCC[C@H]2C(=O)N[C@@H](CCCCN)C(N)=O)NC1=O. The van der Waals surface area contributed by atoms with Crippen molar-refractivity contribution >= 4 is 94.7 Å². The van der Waals surface area contributed by atoms with Crippen LogP contribution in [0.1, 0.15) is 134 Å². The number of hydrogen-bond donors (Lipinski definition) is 24.